The summed E-state index contributed by atoms with van der Waals surface area (Å²) in [7, 11) is 2.00. The molecule has 0 atom stereocenters. The minimum absolute atomic E-state index is 0.447. The van der Waals surface area contributed by atoms with Crippen molar-refractivity contribution in [3.63, 3.8) is 0 Å². The van der Waals surface area contributed by atoms with Crippen molar-refractivity contribution in [3.05, 3.63) is 36.2 Å². The highest BCUT2D eigenvalue weighted by Gasteiger charge is 2.09. The highest BCUT2D eigenvalue weighted by Crippen LogP contribution is 2.18. The molecule has 1 aromatic heterocycles. The van der Waals surface area contributed by atoms with E-state index < -0.39 is 0 Å². The number of anilines is 1. The zero-order valence-electron chi connectivity index (χ0n) is 9.41. The fourth-order valence-corrected chi connectivity index (χ4v) is 1.25. The van der Waals surface area contributed by atoms with Gasteiger partial charge in [0, 0.05) is 18.4 Å². The lowest BCUT2D eigenvalue weighted by molar-refractivity contribution is 0.734. The lowest BCUT2D eigenvalue weighted by Crippen LogP contribution is -2.20. The van der Waals surface area contributed by atoms with E-state index in [1.54, 1.807) is 0 Å². The van der Waals surface area contributed by atoms with Crippen molar-refractivity contribution in [2.75, 3.05) is 11.9 Å². The Morgan fingerprint density at radius 2 is 2.07 bits per heavy atom. The molecule has 76 valence electrons. The smallest absolute Gasteiger partial charge is 0.132 e. The topological polar surface area (TPSA) is 16.1 Å². The van der Waals surface area contributed by atoms with Gasteiger partial charge in [-0.15, -0.1) is 0 Å². The number of hydrogen-bond donors (Lipinski definition) is 0. The molecule has 0 aliphatic rings. The second-order valence-electron chi connectivity index (χ2n) is 3.84. The highest BCUT2D eigenvalue weighted by atomic mass is 15.2. The average molecular weight is 190 g/mol. The maximum atomic E-state index is 4.44. The van der Waals surface area contributed by atoms with Crippen molar-refractivity contribution < 1.29 is 0 Å². The van der Waals surface area contributed by atoms with E-state index in [0.29, 0.717) is 5.92 Å². The molecule has 0 unspecified atom stereocenters. The molecule has 14 heavy (non-hydrogen) atoms. The zero-order chi connectivity index (χ0) is 10.7. The number of rotatable bonds is 3. The van der Waals surface area contributed by atoms with Crippen LogP contribution >= 0.6 is 0 Å². The third-order valence-electron chi connectivity index (χ3n) is 2.31. The molecule has 0 amide bonds. The number of pyridine rings is 1. The monoisotopic (exact) mass is 190 g/mol. The van der Waals surface area contributed by atoms with Gasteiger partial charge in [0.05, 0.1) is 0 Å². The van der Waals surface area contributed by atoms with E-state index in [-0.39, 0.29) is 0 Å². The molecule has 2 heteroatoms. The van der Waals surface area contributed by atoms with Gasteiger partial charge < -0.3 is 4.90 Å². The molecule has 0 bridgehead atoms. The molecule has 2 nitrogen and oxygen atoms in total. The van der Waals surface area contributed by atoms with E-state index in [2.05, 4.69) is 25.4 Å². The van der Waals surface area contributed by atoms with E-state index >= 15 is 0 Å². The van der Waals surface area contributed by atoms with Crippen LogP contribution in [0.4, 0.5) is 5.82 Å². The van der Waals surface area contributed by atoms with Crippen LogP contribution in [0.1, 0.15) is 19.5 Å². The Morgan fingerprint density at radius 1 is 1.43 bits per heavy atom. The molecule has 0 saturated carbocycles. The summed E-state index contributed by atoms with van der Waals surface area (Å²) in [6, 6.07) is 6.01. The standard InChI is InChI=1S/C12H18N2/c1-9(2)11(4)14(5)12-8-6-7-10(3)13-12/h6-9H,4H2,1-3,5H3. The first-order valence-electron chi connectivity index (χ1n) is 4.88. The van der Waals surface area contributed by atoms with Gasteiger partial charge in [-0.2, -0.15) is 0 Å². The molecule has 1 aromatic rings. The number of aryl methyl sites for hydroxylation is 1. The van der Waals surface area contributed by atoms with Gasteiger partial charge in [-0.3, -0.25) is 0 Å². The SMILES string of the molecule is C=C(C(C)C)N(C)c1cccc(C)n1. The molecule has 0 aliphatic heterocycles. The number of nitrogens with zero attached hydrogens (tertiary/aromatic N) is 2. The Morgan fingerprint density at radius 3 is 2.57 bits per heavy atom. The predicted molar refractivity (Wildman–Crippen MR) is 61.4 cm³/mol. The van der Waals surface area contributed by atoms with Gasteiger partial charge in [0.25, 0.3) is 0 Å². The molecular formula is C12H18N2. The van der Waals surface area contributed by atoms with Gasteiger partial charge in [-0.1, -0.05) is 26.5 Å². The molecule has 1 heterocycles. The van der Waals surface area contributed by atoms with Crippen LogP contribution in [0.2, 0.25) is 0 Å². The third kappa shape index (κ3) is 2.34. The number of allylic oxidation sites excluding steroid dienone is 1. The van der Waals surface area contributed by atoms with Crippen LogP contribution in [-0.4, -0.2) is 12.0 Å². The minimum Gasteiger partial charge on any atom is -0.334 e. The Balaban J connectivity index is 2.89. The normalized spacial score (nSPS) is 10.4. The van der Waals surface area contributed by atoms with Crippen LogP contribution in [0.15, 0.2) is 30.5 Å². The van der Waals surface area contributed by atoms with Gasteiger partial charge in [0.2, 0.25) is 0 Å². The van der Waals surface area contributed by atoms with Crippen LogP contribution in [-0.2, 0) is 0 Å². The molecule has 0 fully saturated rings. The summed E-state index contributed by atoms with van der Waals surface area (Å²) in [6.45, 7) is 10.3. The summed E-state index contributed by atoms with van der Waals surface area (Å²) in [4.78, 5) is 6.48. The fraction of sp³-hybridized carbons (Fsp3) is 0.417. The van der Waals surface area contributed by atoms with E-state index in [4.69, 9.17) is 0 Å². The summed E-state index contributed by atoms with van der Waals surface area (Å²) in [5.74, 6) is 1.41. The van der Waals surface area contributed by atoms with E-state index in [1.165, 1.54) is 0 Å². The van der Waals surface area contributed by atoms with Gasteiger partial charge in [0.1, 0.15) is 5.82 Å². The van der Waals surface area contributed by atoms with Gasteiger partial charge >= 0.3 is 0 Å². The quantitative estimate of drug-likeness (QED) is 0.728. The number of aromatic nitrogens is 1. The maximum absolute atomic E-state index is 4.44. The summed E-state index contributed by atoms with van der Waals surface area (Å²) in [6.07, 6.45) is 0. The lowest BCUT2D eigenvalue weighted by Gasteiger charge is -2.23. The minimum atomic E-state index is 0.447. The van der Waals surface area contributed by atoms with Crippen molar-refractivity contribution >= 4 is 5.82 Å². The zero-order valence-corrected chi connectivity index (χ0v) is 9.41. The average Bonchev–Trinajstić information content (AvgIpc) is 2.15. The molecule has 0 aliphatic carbocycles. The Labute approximate surface area is 86.3 Å². The first-order chi connectivity index (χ1) is 6.52. The summed E-state index contributed by atoms with van der Waals surface area (Å²) >= 11 is 0. The molecular weight excluding hydrogens is 172 g/mol. The first-order valence-corrected chi connectivity index (χ1v) is 4.88. The maximum Gasteiger partial charge on any atom is 0.132 e. The van der Waals surface area contributed by atoms with Crippen molar-refractivity contribution in [2.45, 2.75) is 20.8 Å². The van der Waals surface area contributed by atoms with Crippen molar-refractivity contribution in [2.24, 2.45) is 5.92 Å². The third-order valence-corrected chi connectivity index (χ3v) is 2.31. The Bertz CT molecular complexity index is 329. The van der Waals surface area contributed by atoms with Crippen LogP contribution in [0.25, 0.3) is 0 Å². The molecule has 0 aromatic carbocycles. The molecule has 0 radical (unpaired) electrons. The first kappa shape index (κ1) is 10.8. The van der Waals surface area contributed by atoms with Gasteiger partial charge in [0.15, 0.2) is 0 Å². The largest absolute Gasteiger partial charge is 0.334 e. The Kier molecular flexibility index (Phi) is 3.28. The van der Waals surface area contributed by atoms with Crippen molar-refractivity contribution in [1.82, 2.24) is 4.98 Å². The summed E-state index contributed by atoms with van der Waals surface area (Å²) < 4.78 is 0. The highest BCUT2D eigenvalue weighted by molar-refractivity contribution is 5.44. The van der Waals surface area contributed by atoms with Crippen molar-refractivity contribution in [1.29, 1.82) is 0 Å². The summed E-state index contributed by atoms with van der Waals surface area (Å²) in [5, 5.41) is 0. The fourth-order valence-electron chi connectivity index (χ4n) is 1.25. The molecule has 0 saturated heterocycles. The number of hydrogen-bond acceptors (Lipinski definition) is 2. The molecule has 0 spiro atoms. The van der Waals surface area contributed by atoms with Gasteiger partial charge in [-0.25, -0.2) is 4.98 Å². The second kappa shape index (κ2) is 4.27. The van der Waals surface area contributed by atoms with Crippen LogP contribution in [0.5, 0.6) is 0 Å². The Hall–Kier alpha value is -1.31. The van der Waals surface area contributed by atoms with Crippen LogP contribution in [0.3, 0.4) is 0 Å². The lowest BCUT2D eigenvalue weighted by atomic mass is 10.1. The van der Waals surface area contributed by atoms with E-state index in [1.807, 2.05) is 37.1 Å². The van der Waals surface area contributed by atoms with Gasteiger partial charge in [-0.05, 0) is 25.0 Å². The van der Waals surface area contributed by atoms with Crippen LogP contribution in [0, 0.1) is 12.8 Å². The van der Waals surface area contributed by atoms with E-state index in [0.717, 1.165) is 17.2 Å². The molecule has 0 N–H and O–H groups in total. The van der Waals surface area contributed by atoms with E-state index in [9.17, 15) is 0 Å². The van der Waals surface area contributed by atoms with Crippen molar-refractivity contribution in [3.8, 4) is 0 Å². The summed E-state index contributed by atoms with van der Waals surface area (Å²) in [5.41, 5.74) is 2.12. The molecule has 1 rings (SSSR count). The second-order valence-corrected chi connectivity index (χ2v) is 3.84. The van der Waals surface area contributed by atoms with Crippen LogP contribution < -0.4 is 4.90 Å². The predicted octanol–water partition coefficient (Wildman–Crippen LogP) is 3.00.